The van der Waals surface area contributed by atoms with Crippen LogP contribution in [0.3, 0.4) is 0 Å². The Hall–Kier alpha value is -0.980. The molecular weight excluding hydrogens is 408 g/mol. The first-order valence-corrected chi connectivity index (χ1v) is 7.79. The van der Waals surface area contributed by atoms with Crippen molar-refractivity contribution in [1.82, 2.24) is 0 Å². The van der Waals surface area contributed by atoms with Crippen LogP contribution in [0.4, 0.5) is 14.5 Å². The molecule has 2 aromatic rings. The molecule has 0 saturated carbocycles. The van der Waals surface area contributed by atoms with Crippen LogP contribution in [0.2, 0.25) is 0 Å². The topological polar surface area (TPSA) is 32.3 Å². The van der Waals surface area contributed by atoms with E-state index in [1.54, 1.807) is 0 Å². The van der Waals surface area contributed by atoms with Crippen molar-refractivity contribution < 1.29 is 13.9 Å². The molecule has 2 nitrogen and oxygen atoms in total. The number of halogens is 4. The Morgan fingerprint density at radius 1 is 1.10 bits per heavy atom. The van der Waals surface area contributed by atoms with Gasteiger partial charge in [0.15, 0.2) is 11.6 Å². The molecule has 0 aliphatic heterocycles. The highest BCUT2D eigenvalue weighted by atomic mass is 79.9. The molecule has 0 aromatic heterocycles. The van der Waals surface area contributed by atoms with Crippen LogP contribution in [0.15, 0.2) is 39.3 Å². The summed E-state index contributed by atoms with van der Waals surface area (Å²) >= 11 is 6.88. The third-order valence-electron chi connectivity index (χ3n) is 2.99. The number of hydrogen-bond acceptors (Lipinski definition) is 2. The first-order valence-electron chi connectivity index (χ1n) is 6.21. The molecule has 21 heavy (non-hydrogen) atoms. The molecule has 0 saturated heterocycles. The van der Waals surface area contributed by atoms with Gasteiger partial charge < -0.3 is 10.4 Å². The van der Waals surface area contributed by atoms with E-state index in [4.69, 9.17) is 0 Å². The predicted octanol–water partition coefficient (Wildman–Crippen LogP) is 4.94. The third kappa shape index (κ3) is 4.02. The molecule has 1 atom stereocenters. The monoisotopic (exact) mass is 419 g/mol. The van der Waals surface area contributed by atoms with Gasteiger partial charge in [0.25, 0.3) is 0 Å². The Balaban J connectivity index is 2.11. The van der Waals surface area contributed by atoms with Crippen molar-refractivity contribution in [3.8, 4) is 0 Å². The minimum atomic E-state index is -0.968. The average molecular weight is 421 g/mol. The fourth-order valence-corrected chi connectivity index (χ4v) is 3.60. The van der Waals surface area contributed by atoms with Crippen molar-refractivity contribution >= 4 is 37.5 Å². The van der Waals surface area contributed by atoms with Crippen molar-refractivity contribution in [3.05, 3.63) is 62.0 Å². The van der Waals surface area contributed by atoms with E-state index in [0.717, 1.165) is 32.3 Å². The summed E-state index contributed by atoms with van der Waals surface area (Å²) in [5.74, 6) is -1.90. The lowest BCUT2D eigenvalue weighted by Crippen LogP contribution is -2.13. The first-order chi connectivity index (χ1) is 9.88. The van der Waals surface area contributed by atoms with Gasteiger partial charge in [0, 0.05) is 15.5 Å². The number of benzene rings is 2. The molecule has 112 valence electrons. The molecule has 6 heteroatoms. The zero-order valence-corrected chi connectivity index (χ0v) is 14.3. The smallest absolute Gasteiger partial charge is 0.159 e. The van der Waals surface area contributed by atoms with E-state index in [1.807, 2.05) is 19.1 Å². The van der Waals surface area contributed by atoms with E-state index >= 15 is 0 Å². The van der Waals surface area contributed by atoms with Crippen LogP contribution < -0.4 is 5.32 Å². The average Bonchev–Trinajstić information content (AvgIpc) is 2.40. The second-order valence-electron chi connectivity index (χ2n) is 4.67. The second kappa shape index (κ2) is 6.85. The Morgan fingerprint density at radius 3 is 2.29 bits per heavy atom. The maximum atomic E-state index is 13.2. The minimum absolute atomic E-state index is 0.172. The van der Waals surface area contributed by atoms with Crippen LogP contribution in [0.5, 0.6) is 0 Å². The first kappa shape index (κ1) is 16.4. The molecule has 0 radical (unpaired) electrons. The molecule has 1 unspecified atom stereocenters. The van der Waals surface area contributed by atoms with Gasteiger partial charge in [-0.15, -0.1) is 0 Å². The van der Waals surface area contributed by atoms with Crippen LogP contribution >= 0.6 is 31.9 Å². The molecule has 0 spiro atoms. The molecule has 2 aromatic carbocycles. The van der Waals surface area contributed by atoms with Gasteiger partial charge in [-0.25, -0.2) is 8.78 Å². The van der Waals surface area contributed by atoms with E-state index in [-0.39, 0.29) is 6.54 Å². The van der Waals surface area contributed by atoms with Crippen molar-refractivity contribution in [2.24, 2.45) is 0 Å². The van der Waals surface area contributed by atoms with Gasteiger partial charge in [-0.2, -0.15) is 0 Å². The Morgan fingerprint density at radius 2 is 1.71 bits per heavy atom. The number of aryl methyl sites for hydroxylation is 1. The van der Waals surface area contributed by atoms with E-state index in [2.05, 4.69) is 37.2 Å². The highest BCUT2D eigenvalue weighted by Crippen LogP contribution is 2.32. The van der Waals surface area contributed by atoms with Crippen molar-refractivity contribution in [1.29, 1.82) is 0 Å². The maximum absolute atomic E-state index is 13.2. The number of aliphatic hydroxyl groups is 1. The highest BCUT2D eigenvalue weighted by Gasteiger charge is 2.13. The van der Waals surface area contributed by atoms with Gasteiger partial charge in [-0.1, -0.05) is 6.07 Å². The van der Waals surface area contributed by atoms with Crippen LogP contribution in [0, 0.1) is 18.6 Å². The summed E-state index contributed by atoms with van der Waals surface area (Å²) in [5.41, 5.74) is 2.20. The van der Waals surface area contributed by atoms with Gasteiger partial charge >= 0.3 is 0 Å². The van der Waals surface area contributed by atoms with Crippen molar-refractivity contribution in [2.75, 3.05) is 11.9 Å². The molecule has 0 amide bonds. The van der Waals surface area contributed by atoms with E-state index in [0.29, 0.717) is 5.56 Å². The van der Waals surface area contributed by atoms with Crippen LogP contribution in [-0.2, 0) is 0 Å². The molecule has 0 aliphatic rings. The molecular formula is C15H13Br2F2NO. The lowest BCUT2D eigenvalue weighted by atomic mass is 10.1. The molecule has 0 heterocycles. The minimum Gasteiger partial charge on any atom is -0.387 e. The normalized spacial score (nSPS) is 12.3. The number of anilines is 1. The van der Waals surface area contributed by atoms with E-state index in [9.17, 15) is 13.9 Å². The van der Waals surface area contributed by atoms with Crippen LogP contribution in [-0.4, -0.2) is 11.7 Å². The Bertz CT molecular complexity index is 641. The standard InChI is InChI=1S/C15H13Br2F2NO/c1-8-4-10(16)15(11(17)5-8)20-7-14(21)9-2-3-12(18)13(19)6-9/h2-6,14,20-21H,7H2,1H3. The van der Waals surface area contributed by atoms with Gasteiger partial charge in [-0.05, 0) is 74.2 Å². The lowest BCUT2D eigenvalue weighted by Gasteiger charge is -2.16. The number of aliphatic hydroxyl groups excluding tert-OH is 1. The quantitative estimate of drug-likeness (QED) is 0.733. The number of hydrogen-bond donors (Lipinski definition) is 2. The van der Waals surface area contributed by atoms with Crippen LogP contribution in [0.25, 0.3) is 0 Å². The Labute approximate surface area is 138 Å². The number of rotatable bonds is 4. The van der Waals surface area contributed by atoms with Gasteiger partial charge in [0.1, 0.15) is 0 Å². The summed E-state index contributed by atoms with van der Waals surface area (Å²) in [4.78, 5) is 0. The summed E-state index contributed by atoms with van der Waals surface area (Å²) in [5, 5.41) is 13.1. The zero-order chi connectivity index (χ0) is 15.6. The summed E-state index contributed by atoms with van der Waals surface area (Å²) in [6.45, 7) is 2.14. The molecule has 2 rings (SSSR count). The maximum Gasteiger partial charge on any atom is 0.159 e. The molecule has 0 bridgehead atoms. The predicted molar refractivity (Wildman–Crippen MR) is 86.4 cm³/mol. The number of nitrogens with one attached hydrogen (secondary N) is 1. The summed E-state index contributed by atoms with van der Waals surface area (Å²) in [6, 6.07) is 7.25. The lowest BCUT2D eigenvalue weighted by molar-refractivity contribution is 0.191. The van der Waals surface area contributed by atoms with Crippen LogP contribution in [0.1, 0.15) is 17.2 Å². The van der Waals surface area contributed by atoms with Gasteiger partial charge in [0.05, 0.1) is 11.8 Å². The van der Waals surface area contributed by atoms with E-state index in [1.165, 1.54) is 6.07 Å². The van der Waals surface area contributed by atoms with Gasteiger partial charge in [-0.3, -0.25) is 0 Å². The summed E-state index contributed by atoms with van der Waals surface area (Å²) < 4.78 is 27.7. The highest BCUT2D eigenvalue weighted by molar-refractivity contribution is 9.11. The van der Waals surface area contributed by atoms with Crippen molar-refractivity contribution in [2.45, 2.75) is 13.0 Å². The molecule has 0 fully saturated rings. The SMILES string of the molecule is Cc1cc(Br)c(NCC(O)c2ccc(F)c(F)c2)c(Br)c1. The largest absolute Gasteiger partial charge is 0.387 e. The molecule has 2 N–H and O–H groups in total. The fourth-order valence-electron chi connectivity index (χ4n) is 1.90. The third-order valence-corrected chi connectivity index (χ3v) is 4.24. The Kier molecular flexibility index (Phi) is 5.35. The van der Waals surface area contributed by atoms with Gasteiger partial charge in [0.2, 0.25) is 0 Å². The van der Waals surface area contributed by atoms with Crippen molar-refractivity contribution in [3.63, 3.8) is 0 Å². The fraction of sp³-hybridized carbons (Fsp3) is 0.200. The zero-order valence-electron chi connectivity index (χ0n) is 11.1. The molecule has 0 aliphatic carbocycles. The summed E-state index contributed by atoms with van der Waals surface area (Å²) in [6.07, 6.45) is -0.944. The van der Waals surface area contributed by atoms with E-state index < -0.39 is 17.7 Å². The second-order valence-corrected chi connectivity index (χ2v) is 6.38. The summed E-state index contributed by atoms with van der Waals surface area (Å²) in [7, 11) is 0.